The fourth-order valence-electron chi connectivity index (χ4n) is 2.72. The maximum atomic E-state index is 3.56. The minimum absolute atomic E-state index is 0.881. The van der Waals surface area contributed by atoms with Gasteiger partial charge in [0.05, 0.1) is 11.4 Å². The van der Waals surface area contributed by atoms with E-state index in [1.807, 2.05) is 0 Å². The van der Waals surface area contributed by atoms with E-state index in [4.69, 9.17) is 0 Å². The van der Waals surface area contributed by atoms with Gasteiger partial charge < -0.3 is 14.8 Å². The van der Waals surface area contributed by atoms with Gasteiger partial charge in [-0.25, -0.2) is 0 Å². The van der Waals surface area contributed by atoms with Gasteiger partial charge in [-0.3, -0.25) is 0 Å². The molecule has 0 radical (unpaired) electrons. The van der Waals surface area contributed by atoms with Crippen molar-refractivity contribution in [2.75, 3.05) is 23.3 Å². The van der Waals surface area contributed by atoms with Crippen LogP contribution in [-0.4, -0.2) is 17.7 Å². The van der Waals surface area contributed by atoms with Crippen LogP contribution in [0.4, 0.5) is 11.4 Å². The summed E-state index contributed by atoms with van der Waals surface area (Å²) in [5, 5.41) is 3.56. The summed E-state index contributed by atoms with van der Waals surface area (Å²) in [5.74, 6) is 0. The summed E-state index contributed by atoms with van der Waals surface area (Å²) in [7, 11) is 2.06. The van der Waals surface area contributed by atoms with Crippen LogP contribution >= 0.6 is 0 Å². The number of aryl methyl sites for hydroxylation is 1. The highest BCUT2D eigenvalue weighted by Gasteiger charge is 2.14. The molecule has 1 aromatic carbocycles. The topological polar surface area (TPSA) is 20.2 Å². The van der Waals surface area contributed by atoms with Crippen LogP contribution < -0.4 is 10.2 Å². The summed E-state index contributed by atoms with van der Waals surface area (Å²) >= 11 is 0. The number of hydrogen-bond acceptors (Lipinski definition) is 2. The van der Waals surface area contributed by atoms with Gasteiger partial charge in [-0.1, -0.05) is 12.1 Å². The number of rotatable bonds is 4. The monoisotopic (exact) mass is 255 g/mol. The Labute approximate surface area is 114 Å². The molecule has 100 valence electrons. The molecule has 1 fully saturated rings. The summed E-state index contributed by atoms with van der Waals surface area (Å²) in [4.78, 5) is 2.48. The van der Waals surface area contributed by atoms with E-state index in [1.165, 1.54) is 42.9 Å². The lowest BCUT2D eigenvalue weighted by molar-refractivity contribution is 0.919. The molecule has 19 heavy (non-hydrogen) atoms. The molecule has 0 aliphatic carbocycles. The summed E-state index contributed by atoms with van der Waals surface area (Å²) < 4.78 is 2.09. The molecule has 0 atom stereocenters. The van der Waals surface area contributed by atoms with Gasteiger partial charge in [0.15, 0.2) is 0 Å². The first-order valence-electron chi connectivity index (χ1n) is 7.01. The van der Waals surface area contributed by atoms with Crippen LogP contribution in [0.2, 0.25) is 0 Å². The zero-order valence-electron chi connectivity index (χ0n) is 11.5. The van der Waals surface area contributed by atoms with Crippen LogP contribution in [0, 0.1) is 0 Å². The van der Waals surface area contributed by atoms with E-state index in [2.05, 4.69) is 64.6 Å². The molecular weight excluding hydrogens is 234 g/mol. The molecule has 1 saturated heterocycles. The van der Waals surface area contributed by atoms with E-state index >= 15 is 0 Å². The Morgan fingerprint density at radius 3 is 2.63 bits per heavy atom. The Kier molecular flexibility index (Phi) is 3.45. The second kappa shape index (κ2) is 5.39. The van der Waals surface area contributed by atoms with Crippen molar-refractivity contribution in [2.45, 2.75) is 19.4 Å². The standard InChI is InChI=1S/C16H21N3/c1-18-11-8-14(13-18)12-17-15-6-2-3-7-16(15)19-9-4-5-10-19/h2-3,6-8,11,13,17H,4-5,9-10,12H2,1H3. The quantitative estimate of drug-likeness (QED) is 0.905. The third kappa shape index (κ3) is 2.75. The average molecular weight is 255 g/mol. The largest absolute Gasteiger partial charge is 0.379 e. The highest BCUT2D eigenvalue weighted by molar-refractivity contribution is 5.70. The van der Waals surface area contributed by atoms with Crippen molar-refractivity contribution in [3.63, 3.8) is 0 Å². The maximum absolute atomic E-state index is 3.56. The molecule has 3 rings (SSSR count). The highest BCUT2D eigenvalue weighted by Crippen LogP contribution is 2.28. The lowest BCUT2D eigenvalue weighted by Gasteiger charge is -2.21. The lowest BCUT2D eigenvalue weighted by atomic mass is 10.2. The normalized spacial score (nSPS) is 14.9. The Bertz CT molecular complexity index is 538. The van der Waals surface area contributed by atoms with Crippen LogP contribution in [0.15, 0.2) is 42.7 Å². The summed E-state index contributed by atoms with van der Waals surface area (Å²) in [6.07, 6.45) is 6.87. The zero-order valence-corrected chi connectivity index (χ0v) is 11.5. The Balaban J connectivity index is 1.73. The zero-order chi connectivity index (χ0) is 13.1. The number of nitrogens with zero attached hydrogens (tertiary/aromatic N) is 2. The van der Waals surface area contributed by atoms with Crippen molar-refractivity contribution in [2.24, 2.45) is 7.05 Å². The van der Waals surface area contributed by atoms with Crippen LogP contribution in [0.5, 0.6) is 0 Å². The number of benzene rings is 1. The average Bonchev–Trinajstić information content (AvgIpc) is 3.08. The lowest BCUT2D eigenvalue weighted by Crippen LogP contribution is -2.19. The minimum atomic E-state index is 0.881. The van der Waals surface area contributed by atoms with Crippen molar-refractivity contribution in [1.29, 1.82) is 0 Å². The first-order valence-corrected chi connectivity index (χ1v) is 7.01. The van der Waals surface area contributed by atoms with Crippen molar-refractivity contribution < 1.29 is 0 Å². The molecular formula is C16H21N3. The Morgan fingerprint density at radius 1 is 1.11 bits per heavy atom. The number of hydrogen-bond donors (Lipinski definition) is 1. The van der Waals surface area contributed by atoms with Gasteiger partial charge in [0.1, 0.15) is 0 Å². The Hall–Kier alpha value is -1.90. The van der Waals surface area contributed by atoms with Gasteiger partial charge in [-0.2, -0.15) is 0 Å². The van der Waals surface area contributed by atoms with Gasteiger partial charge in [0, 0.05) is 39.1 Å². The minimum Gasteiger partial charge on any atom is -0.379 e. The van der Waals surface area contributed by atoms with Crippen LogP contribution in [0.1, 0.15) is 18.4 Å². The first kappa shape index (κ1) is 12.2. The molecule has 0 spiro atoms. The number of nitrogens with one attached hydrogen (secondary N) is 1. The summed E-state index contributed by atoms with van der Waals surface area (Å²) in [6.45, 7) is 3.25. The van der Waals surface area contributed by atoms with Gasteiger partial charge in [0.2, 0.25) is 0 Å². The van der Waals surface area contributed by atoms with E-state index in [1.54, 1.807) is 0 Å². The van der Waals surface area contributed by atoms with Crippen LogP contribution in [0.25, 0.3) is 0 Å². The van der Waals surface area contributed by atoms with E-state index in [-0.39, 0.29) is 0 Å². The van der Waals surface area contributed by atoms with Crippen LogP contribution in [-0.2, 0) is 13.6 Å². The van der Waals surface area contributed by atoms with Gasteiger partial charge in [-0.15, -0.1) is 0 Å². The molecule has 1 aromatic heterocycles. The predicted octanol–water partition coefficient (Wildman–Crippen LogP) is 3.24. The smallest absolute Gasteiger partial charge is 0.0602 e. The molecule has 1 N–H and O–H groups in total. The number of anilines is 2. The molecule has 3 heteroatoms. The molecule has 1 aliphatic heterocycles. The molecule has 2 heterocycles. The molecule has 0 amide bonds. The summed E-state index contributed by atoms with van der Waals surface area (Å²) in [5.41, 5.74) is 3.91. The van der Waals surface area contributed by atoms with Gasteiger partial charge >= 0.3 is 0 Å². The van der Waals surface area contributed by atoms with Crippen molar-refractivity contribution in [3.05, 3.63) is 48.3 Å². The summed E-state index contributed by atoms with van der Waals surface area (Å²) in [6, 6.07) is 10.8. The number of aromatic nitrogens is 1. The van der Waals surface area contributed by atoms with Gasteiger partial charge in [0.25, 0.3) is 0 Å². The van der Waals surface area contributed by atoms with Crippen LogP contribution in [0.3, 0.4) is 0 Å². The second-order valence-electron chi connectivity index (χ2n) is 5.25. The van der Waals surface area contributed by atoms with Crippen molar-refractivity contribution in [1.82, 2.24) is 4.57 Å². The Morgan fingerprint density at radius 2 is 1.89 bits per heavy atom. The molecule has 0 unspecified atom stereocenters. The van der Waals surface area contributed by atoms with E-state index in [0.29, 0.717) is 0 Å². The van der Waals surface area contributed by atoms with Crippen molar-refractivity contribution >= 4 is 11.4 Å². The van der Waals surface area contributed by atoms with E-state index < -0.39 is 0 Å². The van der Waals surface area contributed by atoms with E-state index in [9.17, 15) is 0 Å². The number of para-hydroxylation sites is 2. The van der Waals surface area contributed by atoms with Gasteiger partial charge in [-0.05, 0) is 36.6 Å². The third-order valence-corrected chi connectivity index (χ3v) is 3.73. The highest BCUT2D eigenvalue weighted by atomic mass is 15.2. The molecule has 2 aromatic rings. The van der Waals surface area contributed by atoms with Crippen molar-refractivity contribution in [3.8, 4) is 0 Å². The SMILES string of the molecule is Cn1ccc(CNc2ccccc2N2CCCC2)c1. The first-order chi connectivity index (χ1) is 9.33. The predicted molar refractivity (Wildman–Crippen MR) is 80.6 cm³/mol. The molecule has 0 saturated carbocycles. The maximum Gasteiger partial charge on any atom is 0.0602 e. The molecule has 1 aliphatic rings. The van der Waals surface area contributed by atoms with E-state index in [0.717, 1.165) is 6.54 Å². The second-order valence-corrected chi connectivity index (χ2v) is 5.25. The third-order valence-electron chi connectivity index (χ3n) is 3.73. The molecule has 3 nitrogen and oxygen atoms in total. The fraction of sp³-hybridized carbons (Fsp3) is 0.375. The fourth-order valence-corrected chi connectivity index (χ4v) is 2.72. The molecule has 0 bridgehead atoms.